The van der Waals surface area contributed by atoms with E-state index < -0.39 is 17.0 Å². The maximum Gasteiger partial charge on any atom is 0.315 e. The number of carbonyl (C=O) groups excluding carboxylic acids is 4. The SMILES string of the molecule is C#C.C=C.CC.CC(C)(C)CC(C)(C)NC(=O)NCC(=O)N1CCC[C@H]1C(=O)NC1CC1.CC(C)C.COc1ccc2c(=O)[nH]ccc2c1.O=CNS(=O)C1CC1. The summed E-state index contributed by atoms with van der Waals surface area (Å²) >= 11 is 0. The molecule has 2 aromatic rings. The highest BCUT2D eigenvalue weighted by atomic mass is 32.2. The van der Waals surface area contributed by atoms with Gasteiger partial charge in [0.15, 0.2) is 0 Å². The molecule has 1 saturated heterocycles. The number of urea groups is 1. The molecule has 322 valence electrons. The molecule has 5 N–H and O–H groups in total. The standard InChI is InChI=1S/C19H34N4O3.C10H9NO2.C4H7NO2S.C4H10.C2H6.C2H4.C2H2/c1-18(2,3)12-19(4,5)22-17(26)20-11-15(24)23-10-6-7-14(23)16(25)21-13-8-9-13;1-13-8-2-3-9-7(6-8)4-5-11-10(9)12;6-3-5-8(7)4-1-2-4;1-4(2)3;3*1-2/h13-14H,6-12H2,1-5H3,(H,21,25)(H2,20,22,26);2-6H,1H3,(H,11,12);3-4H,1-2H2,(H,5,6);4H,1-3H3;1-2H3;1-2H2;1-2H/t14-;;;;;;/m0....../s1. The van der Waals surface area contributed by atoms with Crippen molar-refractivity contribution in [2.24, 2.45) is 11.3 Å². The zero-order chi connectivity index (χ0) is 44.4. The van der Waals surface area contributed by atoms with Crippen LogP contribution in [0.4, 0.5) is 4.79 Å². The van der Waals surface area contributed by atoms with Crippen molar-refractivity contribution in [3.63, 3.8) is 0 Å². The van der Waals surface area contributed by atoms with Crippen molar-refractivity contribution in [1.82, 2.24) is 30.6 Å². The summed E-state index contributed by atoms with van der Waals surface area (Å²) in [6, 6.07) is 6.75. The minimum atomic E-state index is -1.08. The second kappa shape index (κ2) is 28.7. The Morgan fingerprint density at radius 2 is 1.60 bits per heavy atom. The minimum absolute atomic E-state index is 0.0610. The number of terminal acetylenes is 1. The number of hydrogen-bond acceptors (Lipinski definition) is 7. The fraction of sp³-hybridized carbons (Fsp3) is 0.605. The number of aromatic amines is 1. The number of rotatable bonds is 10. The van der Waals surface area contributed by atoms with Crippen LogP contribution in [0.5, 0.6) is 5.75 Å². The van der Waals surface area contributed by atoms with Crippen molar-refractivity contribution in [3.8, 4) is 18.6 Å². The number of carbonyl (C=O) groups is 4. The third kappa shape index (κ3) is 24.6. The number of aromatic nitrogens is 1. The Kier molecular flexibility index (Phi) is 27.4. The summed E-state index contributed by atoms with van der Waals surface area (Å²) in [4.78, 5) is 62.0. The van der Waals surface area contributed by atoms with E-state index >= 15 is 0 Å². The summed E-state index contributed by atoms with van der Waals surface area (Å²) in [6.07, 6.45) is 16.5. The molecule has 2 saturated carbocycles. The predicted molar refractivity (Wildman–Crippen MR) is 235 cm³/mol. The summed E-state index contributed by atoms with van der Waals surface area (Å²) < 4.78 is 17.8. The van der Waals surface area contributed by atoms with Gasteiger partial charge in [-0.25, -0.2) is 9.00 Å². The molecule has 1 aliphatic heterocycles. The molecule has 3 aliphatic rings. The second-order valence-electron chi connectivity index (χ2n) is 15.7. The Morgan fingerprint density at radius 1 is 1.02 bits per heavy atom. The molecule has 5 amide bonds. The van der Waals surface area contributed by atoms with Gasteiger partial charge < -0.3 is 30.6 Å². The van der Waals surface area contributed by atoms with E-state index in [4.69, 9.17) is 4.74 Å². The van der Waals surface area contributed by atoms with Crippen molar-refractivity contribution in [1.29, 1.82) is 0 Å². The van der Waals surface area contributed by atoms with Gasteiger partial charge in [-0.2, -0.15) is 0 Å². The highest BCUT2D eigenvalue weighted by molar-refractivity contribution is 7.84. The van der Waals surface area contributed by atoms with E-state index in [9.17, 15) is 28.2 Å². The van der Waals surface area contributed by atoms with Gasteiger partial charge >= 0.3 is 6.03 Å². The van der Waals surface area contributed by atoms with E-state index in [0.717, 1.165) is 55.6 Å². The number of H-pyrrole nitrogens is 1. The molecule has 14 heteroatoms. The van der Waals surface area contributed by atoms with Crippen LogP contribution >= 0.6 is 0 Å². The fourth-order valence-corrected chi connectivity index (χ4v) is 6.42. The molecule has 2 heterocycles. The lowest BCUT2D eigenvalue weighted by molar-refractivity contribution is -0.137. The molecular weight excluding hydrogens is 745 g/mol. The maximum atomic E-state index is 12.5. The predicted octanol–water partition coefficient (Wildman–Crippen LogP) is 6.61. The first-order chi connectivity index (χ1) is 26.9. The van der Waals surface area contributed by atoms with Gasteiger partial charge in [0.1, 0.15) is 22.8 Å². The summed E-state index contributed by atoms with van der Waals surface area (Å²) in [6.45, 7) is 27.3. The van der Waals surface area contributed by atoms with Crippen LogP contribution in [0.15, 0.2) is 48.4 Å². The molecule has 1 aromatic heterocycles. The van der Waals surface area contributed by atoms with Crippen LogP contribution < -0.4 is 31.0 Å². The molecule has 1 unspecified atom stereocenters. The number of pyridine rings is 1. The molecule has 5 rings (SSSR count). The average Bonchev–Trinajstić information content (AvgIpc) is 4.11. The number of amides is 5. The molecule has 3 fully saturated rings. The van der Waals surface area contributed by atoms with Crippen molar-refractivity contribution >= 4 is 46.0 Å². The zero-order valence-corrected chi connectivity index (χ0v) is 37.2. The molecule has 1 aromatic carbocycles. The van der Waals surface area contributed by atoms with Gasteiger partial charge in [0, 0.05) is 29.7 Å². The lowest BCUT2D eigenvalue weighted by Crippen LogP contribution is -2.53. The van der Waals surface area contributed by atoms with E-state index in [1.54, 1.807) is 30.3 Å². The first-order valence-corrected chi connectivity index (χ1v) is 20.8. The summed E-state index contributed by atoms with van der Waals surface area (Å²) in [7, 11) is 0.527. The molecule has 2 aliphatic carbocycles. The summed E-state index contributed by atoms with van der Waals surface area (Å²) in [5, 5.41) is 10.4. The average molecular weight is 817 g/mol. The Labute approximate surface area is 344 Å². The number of hydrogen-bond donors (Lipinski definition) is 5. The van der Waals surface area contributed by atoms with Crippen molar-refractivity contribution in [2.45, 2.75) is 137 Å². The molecule has 13 nitrogen and oxygen atoms in total. The number of ether oxygens (including phenoxy) is 1. The Bertz CT molecular complexity index is 1590. The molecule has 2 atom stereocenters. The summed E-state index contributed by atoms with van der Waals surface area (Å²) in [5.41, 5.74) is -0.351. The highest BCUT2D eigenvalue weighted by Gasteiger charge is 2.36. The van der Waals surface area contributed by atoms with Gasteiger partial charge in [-0.15, -0.1) is 26.0 Å². The molecule has 0 bridgehead atoms. The first kappa shape index (κ1) is 54.5. The number of likely N-dealkylation sites (tertiary alicyclic amines) is 1. The topological polar surface area (TPSA) is 179 Å². The number of nitrogens with one attached hydrogen (secondary N) is 5. The van der Waals surface area contributed by atoms with Crippen molar-refractivity contribution < 1.29 is 28.1 Å². The molecule has 0 spiro atoms. The fourth-order valence-electron chi connectivity index (χ4n) is 5.56. The van der Waals surface area contributed by atoms with Crippen LogP contribution in [0.1, 0.15) is 114 Å². The maximum absolute atomic E-state index is 12.5. The third-order valence-electron chi connectivity index (χ3n) is 7.60. The van der Waals surface area contributed by atoms with Crippen LogP contribution in [-0.2, 0) is 25.4 Å². The molecular formula is C43H72N6O7S. The molecule has 0 radical (unpaired) electrons. The van der Waals surface area contributed by atoms with Gasteiger partial charge in [-0.3, -0.25) is 23.9 Å². The van der Waals surface area contributed by atoms with Crippen molar-refractivity contribution in [3.05, 3.63) is 54.0 Å². The van der Waals surface area contributed by atoms with Gasteiger partial charge in [0.05, 0.1) is 18.9 Å². The normalized spacial score (nSPS) is 15.7. The Hall–Kier alpha value is -4.64. The Morgan fingerprint density at radius 3 is 2.09 bits per heavy atom. The first-order valence-electron chi connectivity index (χ1n) is 19.6. The lowest BCUT2D eigenvalue weighted by atomic mass is 9.82. The van der Waals surface area contributed by atoms with Crippen molar-refractivity contribution in [2.75, 3.05) is 20.2 Å². The minimum Gasteiger partial charge on any atom is -0.497 e. The van der Waals surface area contributed by atoms with Gasteiger partial charge in [0.2, 0.25) is 18.2 Å². The number of fused-ring (bicyclic) bond motifs is 1. The van der Waals surface area contributed by atoms with E-state index in [-0.39, 0.29) is 52.2 Å². The van der Waals surface area contributed by atoms with Gasteiger partial charge in [0.25, 0.3) is 5.56 Å². The van der Waals surface area contributed by atoms with Crippen LogP contribution in [0.25, 0.3) is 10.8 Å². The quantitative estimate of drug-likeness (QED) is 0.102. The van der Waals surface area contributed by atoms with Crippen LogP contribution in [-0.4, -0.2) is 81.4 Å². The van der Waals surface area contributed by atoms with E-state index in [0.29, 0.717) is 24.8 Å². The number of nitrogens with zero attached hydrogens (tertiary/aromatic N) is 1. The van der Waals surface area contributed by atoms with Gasteiger partial charge in [-0.05, 0) is 99.8 Å². The van der Waals surface area contributed by atoms with Crippen LogP contribution in [0.2, 0.25) is 0 Å². The highest BCUT2D eigenvalue weighted by Crippen LogP contribution is 2.27. The number of benzene rings is 1. The zero-order valence-electron chi connectivity index (χ0n) is 36.4. The van der Waals surface area contributed by atoms with E-state index in [1.165, 1.54) is 0 Å². The molecule has 57 heavy (non-hydrogen) atoms. The largest absolute Gasteiger partial charge is 0.497 e. The monoisotopic (exact) mass is 817 g/mol. The second-order valence-corrected chi connectivity index (χ2v) is 17.2. The summed E-state index contributed by atoms with van der Waals surface area (Å²) in [5.74, 6) is 1.33. The lowest BCUT2D eigenvalue weighted by Gasteiger charge is -2.33. The van der Waals surface area contributed by atoms with Crippen LogP contribution in [0, 0.1) is 24.2 Å². The van der Waals surface area contributed by atoms with E-state index in [1.807, 2.05) is 39.8 Å². The third-order valence-corrected chi connectivity index (χ3v) is 9.00. The Balaban J connectivity index is 0. The van der Waals surface area contributed by atoms with Gasteiger partial charge in [-0.1, -0.05) is 55.4 Å². The number of methoxy groups -OCH3 is 1. The van der Waals surface area contributed by atoms with Crippen LogP contribution in [0.3, 0.4) is 0 Å². The smallest absolute Gasteiger partial charge is 0.315 e. The van der Waals surface area contributed by atoms with E-state index in [2.05, 4.69) is 93.2 Å².